The van der Waals surface area contributed by atoms with Crippen LogP contribution in [0.2, 0.25) is 0 Å². The number of aromatic nitrogens is 2. The number of aryl methyl sites for hydroxylation is 1. The van der Waals surface area contributed by atoms with Gasteiger partial charge in [0, 0.05) is 18.7 Å². The lowest BCUT2D eigenvalue weighted by atomic mass is 10.3. The summed E-state index contributed by atoms with van der Waals surface area (Å²) in [4.78, 5) is 6.64. The Morgan fingerprint density at radius 2 is 2.13 bits per heavy atom. The predicted molar refractivity (Wildman–Crippen MR) is 62.2 cm³/mol. The van der Waals surface area contributed by atoms with E-state index in [4.69, 9.17) is 0 Å². The molecule has 0 saturated carbocycles. The molecule has 0 unspecified atom stereocenters. The van der Waals surface area contributed by atoms with Crippen LogP contribution in [0.4, 0.5) is 0 Å². The molecule has 2 aromatic rings. The Hall–Kier alpha value is -1.35. The summed E-state index contributed by atoms with van der Waals surface area (Å²) < 4.78 is 2.23. The third-order valence-electron chi connectivity index (χ3n) is 2.60. The molecule has 0 spiro atoms. The van der Waals surface area contributed by atoms with Gasteiger partial charge in [0.25, 0.3) is 0 Å². The molecule has 80 valence electrons. The summed E-state index contributed by atoms with van der Waals surface area (Å²) in [5.74, 6) is 1.15. The highest BCUT2D eigenvalue weighted by atomic mass is 15.1. The minimum Gasteiger partial charge on any atom is -0.309 e. The summed E-state index contributed by atoms with van der Waals surface area (Å²) in [7, 11) is 4.17. The van der Waals surface area contributed by atoms with Crippen LogP contribution in [0.25, 0.3) is 5.52 Å². The van der Waals surface area contributed by atoms with E-state index in [1.165, 1.54) is 11.2 Å². The molecule has 0 saturated heterocycles. The van der Waals surface area contributed by atoms with Crippen molar-refractivity contribution in [2.45, 2.75) is 13.3 Å². The minimum absolute atomic E-state index is 0.992. The van der Waals surface area contributed by atoms with Crippen molar-refractivity contribution < 1.29 is 0 Å². The van der Waals surface area contributed by atoms with Gasteiger partial charge in [0.15, 0.2) is 0 Å². The first-order valence-corrected chi connectivity index (χ1v) is 5.25. The molecule has 0 aliphatic rings. The molecule has 3 heteroatoms. The van der Waals surface area contributed by atoms with E-state index in [0.29, 0.717) is 0 Å². The third-order valence-corrected chi connectivity index (χ3v) is 2.60. The highest BCUT2D eigenvalue weighted by Gasteiger charge is 2.05. The topological polar surface area (TPSA) is 20.5 Å². The Morgan fingerprint density at radius 3 is 2.87 bits per heavy atom. The zero-order chi connectivity index (χ0) is 10.8. The fraction of sp³-hybridized carbons (Fsp3) is 0.417. The molecule has 0 aromatic carbocycles. The van der Waals surface area contributed by atoms with Gasteiger partial charge in [-0.15, -0.1) is 0 Å². The molecule has 2 aromatic heterocycles. The maximum atomic E-state index is 4.46. The molecule has 2 heterocycles. The van der Waals surface area contributed by atoms with Crippen LogP contribution in [-0.4, -0.2) is 34.9 Å². The van der Waals surface area contributed by atoms with E-state index in [1.807, 2.05) is 6.20 Å². The van der Waals surface area contributed by atoms with Crippen molar-refractivity contribution in [3.05, 3.63) is 35.9 Å². The Labute approximate surface area is 90.4 Å². The second-order valence-electron chi connectivity index (χ2n) is 4.16. The van der Waals surface area contributed by atoms with Gasteiger partial charge < -0.3 is 9.30 Å². The van der Waals surface area contributed by atoms with Gasteiger partial charge >= 0.3 is 0 Å². The number of likely N-dealkylation sites (N-methyl/N-ethyl adjacent to an activating group) is 1. The molecule has 0 aliphatic heterocycles. The highest BCUT2D eigenvalue weighted by molar-refractivity contribution is 5.47. The lowest BCUT2D eigenvalue weighted by Crippen LogP contribution is -2.16. The zero-order valence-electron chi connectivity index (χ0n) is 9.57. The smallest absolute Gasteiger partial charge is 0.114 e. The number of hydrogen-bond acceptors (Lipinski definition) is 2. The van der Waals surface area contributed by atoms with Crippen molar-refractivity contribution in [2.75, 3.05) is 20.6 Å². The molecule has 0 fully saturated rings. The standard InChI is InChI=1S/C12H17N3/c1-10-5-4-6-11-9-13-12(15(10)11)7-8-14(2)3/h4-6,9H,7-8H2,1-3H3. The average Bonchev–Trinajstić information content (AvgIpc) is 2.59. The van der Waals surface area contributed by atoms with Crippen molar-refractivity contribution in [2.24, 2.45) is 0 Å². The summed E-state index contributed by atoms with van der Waals surface area (Å²) in [6, 6.07) is 6.29. The quantitative estimate of drug-likeness (QED) is 0.757. The first kappa shape index (κ1) is 10.2. The van der Waals surface area contributed by atoms with Crippen molar-refractivity contribution in [3.63, 3.8) is 0 Å². The molecule has 2 rings (SSSR count). The van der Waals surface area contributed by atoms with Gasteiger partial charge in [-0.05, 0) is 33.2 Å². The van der Waals surface area contributed by atoms with E-state index in [-0.39, 0.29) is 0 Å². The van der Waals surface area contributed by atoms with E-state index in [9.17, 15) is 0 Å². The molecule has 0 N–H and O–H groups in total. The Morgan fingerprint density at radius 1 is 1.33 bits per heavy atom. The van der Waals surface area contributed by atoms with Crippen molar-refractivity contribution in [1.29, 1.82) is 0 Å². The summed E-state index contributed by atoms with van der Waals surface area (Å²) >= 11 is 0. The fourth-order valence-corrected chi connectivity index (χ4v) is 1.79. The summed E-state index contributed by atoms with van der Waals surface area (Å²) in [5, 5.41) is 0. The van der Waals surface area contributed by atoms with Crippen molar-refractivity contribution in [1.82, 2.24) is 14.3 Å². The van der Waals surface area contributed by atoms with Crippen LogP contribution >= 0.6 is 0 Å². The van der Waals surface area contributed by atoms with Gasteiger partial charge in [-0.25, -0.2) is 4.98 Å². The number of fused-ring (bicyclic) bond motifs is 1. The number of nitrogens with zero attached hydrogens (tertiary/aromatic N) is 3. The van der Waals surface area contributed by atoms with Gasteiger partial charge in [-0.3, -0.25) is 0 Å². The molecular weight excluding hydrogens is 186 g/mol. The van der Waals surface area contributed by atoms with Gasteiger partial charge in [-0.1, -0.05) is 6.07 Å². The number of rotatable bonds is 3. The fourth-order valence-electron chi connectivity index (χ4n) is 1.79. The van der Waals surface area contributed by atoms with Gasteiger partial charge in [-0.2, -0.15) is 0 Å². The van der Waals surface area contributed by atoms with E-state index in [1.54, 1.807) is 0 Å². The summed E-state index contributed by atoms with van der Waals surface area (Å²) in [6.07, 6.45) is 2.93. The van der Waals surface area contributed by atoms with Crippen LogP contribution in [0.5, 0.6) is 0 Å². The SMILES string of the molecule is Cc1cccc2cnc(CCN(C)C)n12. The van der Waals surface area contributed by atoms with Crippen LogP contribution < -0.4 is 0 Å². The lowest BCUT2D eigenvalue weighted by Gasteiger charge is -2.09. The molecule has 15 heavy (non-hydrogen) atoms. The van der Waals surface area contributed by atoms with E-state index < -0.39 is 0 Å². The van der Waals surface area contributed by atoms with Crippen LogP contribution in [0.3, 0.4) is 0 Å². The minimum atomic E-state index is 0.992. The van der Waals surface area contributed by atoms with Gasteiger partial charge in [0.2, 0.25) is 0 Å². The molecule has 0 bridgehead atoms. The second kappa shape index (κ2) is 4.03. The first-order chi connectivity index (χ1) is 7.18. The average molecular weight is 203 g/mol. The van der Waals surface area contributed by atoms with Crippen molar-refractivity contribution in [3.8, 4) is 0 Å². The van der Waals surface area contributed by atoms with E-state index in [2.05, 4.69) is 53.5 Å². The Balaban J connectivity index is 2.35. The van der Waals surface area contributed by atoms with Gasteiger partial charge in [0.05, 0.1) is 11.7 Å². The molecular formula is C12H17N3. The lowest BCUT2D eigenvalue weighted by molar-refractivity contribution is 0.409. The van der Waals surface area contributed by atoms with E-state index >= 15 is 0 Å². The van der Waals surface area contributed by atoms with Crippen LogP contribution in [0.1, 0.15) is 11.5 Å². The van der Waals surface area contributed by atoms with Crippen LogP contribution in [-0.2, 0) is 6.42 Å². The zero-order valence-corrected chi connectivity index (χ0v) is 9.57. The van der Waals surface area contributed by atoms with Crippen LogP contribution in [0.15, 0.2) is 24.4 Å². The largest absolute Gasteiger partial charge is 0.309 e. The Kier molecular flexibility index (Phi) is 2.73. The van der Waals surface area contributed by atoms with Crippen molar-refractivity contribution >= 4 is 5.52 Å². The predicted octanol–water partition coefficient (Wildman–Crippen LogP) is 1.75. The number of pyridine rings is 1. The molecule has 0 radical (unpaired) electrons. The normalized spacial score (nSPS) is 11.5. The third kappa shape index (κ3) is 2.02. The Bertz CT molecular complexity index is 457. The van der Waals surface area contributed by atoms with Gasteiger partial charge in [0.1, 0.15) is 5.82 Å². The molecule has 0 atom stereocenters. The highest BCUT2D eigenvalue weighted by Crippen LogP contribution is 2.10. The van der Waals surface area contributed by atoms with Crippen LogP contribution in [0, 0.1) is 6.92 Å². The number of imidazole rings is 1. The first-order valence-electron chi connectivity index (χ1n) is 5.25. The summed E-state index contributed by atoms with van der Waals surface area (Å²) in [6.45, 7) is 3.15. The second-order valence-corrected chi connectivity index (χ2v) is 4.16. The summed E-state index contributed by atoms with van der Waals surface area (Å²) in [5.41, 5.74) is 2.43. The molecule has 0 aliphatic carbocycles. The van der Waals surface area contributed by atoms with E-state index in [0.717, 1.165) is 18.8 Å². The maximum absolute atomic E-state index is 4.46. The number of hydrogen-bond donors (Lipinski definition) is 0. The molecule has 0 amide bonds. The maximum Gasteiger partial charge on any atom is 0.114 e. The monoisotopic (exact) mass is 203 g/mol. The molecule has 3 nitrogen and oxygen atoms in total.